The highest BCUT2D eigenvalue weighted by molar-refractivity contribution is 6.27. The molecule has 0 atom stereocenters. The summed E-state index contributed by atoms with van der Waals surface area (Å²) in [5, 5.41) is 24.3. The predicted molar refractivity (Wildman–Crippen MR) is 85.0 cm³/mol. The molecule has 2 rings (SSSR count). The first-order valence-corrected chi connectivity index (χ1v) is 7.60. The fourth-order valence-electron chi connectivity index (χ4n) is 2.70. The standard InChI is InChI=1S/C15H20N2.C2H2O4/c1-2-10-17-11-8-15(13-16,9-12-17)14-6-4-3-5-7-14;3-1(4)2(5)6/h3-7H,2,8-12H2,1H3;(H,3,4)(H,5,6). The summed E-state index contributed by atoms with van der Waals surface area (Å²) in [5.74, 6) is -3.65. The minimum absolute atomic E-state index is 0.245. The summed E-state index contributed by atoms with van der Waals surface area (Å²) in [6, 6.07) is 12.8. The van der Waals surface area contributed by atoms with Crippen molar-refractivity contribution in [2.45, 2.75) is 31.6 Å². The summed E-state index contributed by atoms with van der Waals surface area (Å²) in [6.45, 7) is 5.48. The van der Waals surface area contributed by atoms with Gasteiger partial charge in [0.05, 0.1) is 11.5 Å². The SMILES string of the molecule is CCCN1CCC(C#N)(c2ccccc2)CC1.O=C(O)C(=O)O. The molecule has 23 heavy (non-hydrogen) atoms. The van der Waals surface area contributed by atoms with Gasteiger partial charge in [-0.1, -0.05) is 37.3 Å². The van der Waals surface area contributed by atoms with Crippen LogP contribution in [0.1, 0.15) is 31.7 Å². The van der Waals surface area contributed by atoms with Crippen LogP contribution in [0, 0.1) is 11.3 Å². The van der Waals surface area contributed by atoms with Crippen molar-refractivity contribution in [1.82, 2.24) is 4.90 Å². The molecule has 0 aromatic heterocycles. The lowest BCUT2D eigenvalue weighted by atomic mass is 9.74. The summed E-state index contributed by atoms with van der Waals surface area (Å²) in [7, 11) is 0. The van der Waals surface area contributed by atoms with Gasteiger partial charge in [-0.05, 0) is 44.5 Å². The Morgan fingerprint density at radius 3 is 2.09 bits per heavy atom. The third-order valence-corrected chi connectivity index (χ3v) is 3.97. The van der Waals surface area contributed by atoms with Crippen LogP contribution in [0.5, 0.6) is 0 Å². The van der Waals surface area contributed by atoms with Crippen LogP contribution in [0.15, 0.2) is 30.3 Å². The fourth-order valence-corrected chi connectivity index (χ4v) is 2.70. The predicted octanol–water partition coefficient (Wildman–Crippen LogP) is 2.11. The van der Waals surface area contributed by atoms with Gasteiger partial charge in [0.15, 0.2) is 0 Å². The maximum atomic E-state index is 9.54. The molecule has 1 aromatic rings. The first-order chi connectivity index (χ1) is 10.9. The fraction of sp³-hybridized carbons (Fsp3) is 0.471. The molecule has 0 spiro atoms. The highest BCUT2D eigenvalue weighted by Crippen LogP contribution is 2.34. The number of carboxylic acid groups (broad SMARTS) is 2. The Morgan fingerprint density at radius 2 is 1.70 bits per heavy atom. The summed E-state index contributed by atoms with van der Waals surface area (Å²) in [5.41, 5.74) is 0.949. The van der Waals surface area contributed by atoms with Gasteiger partial charge in [0.1, 0.15) is 0 Å². The quantitative estimate of drug-likeness (QED) is 0.828. The zero-order valence-electron chi connectivity index (χ0n) is 13.2. The maximum absolute atomic E-state index is 9.54. The molecule has 1 aliphatic rings. The molecule has 2 N–H and O–H groups in total. The molecule has 0 bridgehead atoms. The van der Waals surface area contributed by atoms with Gasteiger partial charge >= 0.3 is 11.9 Å². The van der Waals surface area contributed by atoms with Crippen LogP contribution in [-0.4, -0.2) is 46.7 Å². The van der Waals surface area contributed by atoms with E-state index in [2.05, 4.69) is 30.0 Å². The van der Waals surface area contributed by atoms with E-state index >= 15 is 0 Å². The Morgan fingerprint density at radius 1 is 1.17 bits per heavy atom. The van der Waals surface area contributed by atoms with E-state index in [1.165, 1.54) is 12.0 Å². The van der Waals surface area contributed by atoms with Crippen LogP contribution in [0.3, 0.4) is 0 Å². The Hall–Kier alpha value is -2.39. The number of nitrogens with zero attached hydrogens (tertiary/aromatic N) is 2. The van der Waals surface area contributed by atoms with Crippen LogP contribution < -0.4 is 0 Å². The van der Waals surface area contributed by atoms with Gasteiger partial charge in [0.2, 0.25) is 0 Å². The van der Waals surface area contributed by atoms with E-state index in [4.69, 9.17) is 19.8 Å². The summed E-state index contributed by atoms with van der Waals surface area (Å²) in [4.78, 5) is 20.7. The van der Waals surface area contributed by atoms with E-state index in [9.17, 15) is 5.26 Å². The van der Waals surface area contributed by atoms with Crippen LogP contribution in [0.25, 0.3) is 0 Å². The molecule has 124 valence electrons. The van der Waals surface area contributed by atoms with Crippen molar-refractivity contribution < 1.29 is 19.8 Å². The summed E-state index contributed by atoms with van der Waals surface area (Å²) in [6.07, 6.45) is 3.13. The maximum Gasteiger partial charge on any atom is 0.414 e. The van der Waals surface area contributed by atoms with Crippen molar-refractivity contribution in [2.75, 3.05) is 19.6 Å². The minimum Gasteiger partial charge on any atom is -0.473 e. The van der Waals surface area contributed by atoms with Crippen molar-refractivity contribution in [1.29, 1.82) is 5.26 Å². The molecule has 1 heterocycles. The van der Waals surface area contributed by atoms with E-state index < -0.39 is 11.9 Å². The number of nitriles is 1. The number of benzene rings is 1. The van der Waals surface area contributed by atoms with Gasteiger partial charge in [-0.2, -0.15) is 5.26 Å². The first-order valence-electron chi connectivity index (χ1n) is 7.60. The highest BCUT2D eigenvalue weighted by Gasteiger charge is 2.35. The molecule has 0 radical (unpaired) electrons. The van der Waals surface area contributed by atoms with Gasteiger partial charge in [0.25, 0.3) is 0 Å². The van der Waals surface area contributed by atoms with Crippen molar-refractivity contribution in [3.8, 4) is 6.07 Å². The summed E-state index contributed by atoms with van der Waals surface area (Å²) >= 11 is 0. The van der Waals surface area contributed by atoms with E-state index in [-0.39, 0.29) is 5.41 Å². The number of piperidine rings is 1. The van der Waals surface area contributed by atoms with Gasteiger partial charge in [-0.15, -0.1) is 0 Å². The van der Waals surface area contributed by atoms with Gasteiger partial charge in [0, 0.05) is 0 Å². The van der Waals surface area contributed by atoms with E-state index in [1.807, 2.05) is 18.2 Å². The van der Waals surface area contributed by atoms with Crippen molar-refractivity contribution in [2.24, 2.45) is 0 Å². The topological polar surface area (TPSA) is 102 Å². The second-order valence-electron chi connectivity index (χ2n) is 5.51. The number of carboxylic acids is 2. The molecule has 0 unspecified atom stereocenters. The summed E-state index contributed by atoms with van der Waals surface area (Å²) < 4.78 is 0. The molecule has 0 amide bonds. The molecule has 0 aliphatic carbocycles. The molecule has 6 nitrogen and oxygen atoms in total. The third-order valence-electron chi connectivity index (χ3n) is 3.97. The molecular weight excluding hydrogens is 296 g/mol. The zero-order valence-corrected chi connectivity index (χ0v) is 13.2. The second-order valence-corrected chi connectivity index (χ2v) is 5.51. The van der Waals surface area contributed by atoms with Gasteiger partial charge in [-0.3, -0.25) is 0 Å². The lowest BCUT2D eigenvalue weighted by molar-refractivity contribution is -0.159. The largest absolute Gasteiger partial charge is 0.473 e. The van der Waals surface area contributed by atoms with E-state index in [0.29, 0.717) is 0 Å². The average Bonchev–Trinajstić information content (AvgIpc) is 2.57. The van der Waals surface area contributed by atoms with Crippen LogP contribution in [-0.2, 0) is 15.0 Å². The molecule has 1 fully saturated rings. The molecule has 1 saturated heterocycles. The lowest BCUT2D eigenvalue weighted by Gasteiger charge is -2.37. The molecule has 1 aliphatic heterocycles. The second kappa shape index (κ2) is 8.91. The monoisotopic (exact) mass is 318 g/mol. The van der Waals surface area contributed by atoms with Crippen molar-refractivity contribution in [3.63, 3.8) is 0 Å². The molecule has 1 aromatic carbocycles. The van der Waals surface area contributed by atoms with Crippen LogP contribution in [0.2, 0.25) is 0 Å². The highest BCUT2D eigenvalue weighted by atomic mass is 16.4. The zero-order chi connectivity index (χ0) is 17.3. The van der Waals surface area contributed by atoms with Crippen LogP contribution in [0.4, 0.5) is 0 Å². The van der Waals surface area contributed by atoms with Gasteiger partial charge in [-0.25, -0.2) is 9.59 Å². The van der Waals surface area contributed by atoms with E-state index in [1.54, 1.807) is 0 Å². The van der Waals surface area contributed by atoms with Crippen LogP contribution >= 0.6 is 0 Å². The molecule has 0 saturated carbocycles. The smallest absolute Gasteiger partial charge is 0.414 e. The average molecular weight is 318 g/mol. The van der Waals surface area contributed by atoms with Crippen molar-refractivity contribution >= 4 is 11.9 Å². The third kappa shape index (κ3) is 5.38. The number of rotatable bonds is 3. The molecule has 6 heteroatoms. The van der Waals surface area contributed by atoms with Gasteiger partial charge < -0.3 is 15.1 Å². The number of hydrogen-bond acceptors (Lipinski definition) is 4. The Labute approximate surface area is 136 Å². The number of likely N-dealkylation sites (tertiary alicyclic amines) is 1. The van der Waals surface area contributed by atoms with Crippen molar-refractivity contribution in [3.05, 3.63) is 35.9 Å². The number of aliphatic carboxylic acids is 2. The number of carbonyl (C=O) groups is 2. The Balaban J connectivity index is 0.000000379. The molecular formula is C17H22N2O4. The number of hydrogen-bond donors (Lipinski definition) is 2. The minimum atomic E-state index is -1.82. The lowest BCUT2D eigenvalue weighted by Crippen LogP contribution is -2.42. The van der Waals surface area contributed by atoms with E-state index in [0.717, 1.165) is 32.5 Å². The first kappa shape index (κ1) is 18.7. The Kier molecular flexibility index (Phi) is 7.23. The Bertz CT molecular complexity index is 546. The normalized spacial score (nSPS) is 16.5.